The van der Waals surface area contributed by atoms with Gasteiger partial charge in [-0.25, -0.2) is 0 Å². The molecule has 0 atom stereocenters. The van der Waals surface area contributed by atoms with Crippen molar-refractivity contribution in [2.24, 2.45) is 0 Å². The average Bonchev–Trinajstić information content (AvgIpc) is 2.30. The van der Waals surface area contributed by atoms with Crippen molar-refractivity contribution in [3.05, 3.63) is 18.6 Å². The normalized spacial score (nSPS) is 12.1. The number of hydrogen-bond donors (Lipinski definition) is 0. The molecular formula is C17H33. The zero-order valence-corrected chi connectivity index (χ0v) is 12.3. The smallest absolute Gasteiger partial charge is 0.0286 e. The predicted molar refractivity (Wildman–Crippen MR) is 80.2 cm³/mol. The van der Waals surface area contributed by atoms with Crippen LogP contribution < -0.4 is 0 Å². The van der Waals surface area contributed by atoms with Gasteiger partial charge >= 0.3 is 0 Å². The van der Waals surface area contributed by atoms with E-state index in [1.54, 1.807) is 0 Å². The van der Waals surface area contributed by atoms with Crippen LogP contribution in [0.15, 0.2) is 11.6 Å². The highest BCUT2D eigenvalue weighted by molar-refractivity contribution is 5.00. The van der Waals surface area contributed by atoms with E-state index in [-0.39, 0.29) is 0 Å². The lowest BCUT2D eigenvalue weighted by Gasteiger charge is -2.01. The molecule has 0 aliphatic rings. The Bertz CT molecular complexity index is 163. The molecule has 0 aromatic heterocycles. The second kappa shape index (κ2) is 13.8. The Morgan fingerprint density at radius 2 is 1.18 bits per heavy atom. The highest BCUT2D eigenvalue weighted by atomic mass is 14.0. The van der Waals surface area contributed by atoms with Gasteiger partial charge in [-0.1, -0.05) is 82.8 Å². The highest BCUT2D eigenvalue weighted by Crippen LogP contribution is 2.12. The summed E-state index contributed by atoms with van der Waals surface area (Å²) < 4.78 is 0. The van der Waals surface area contributed by atoms with Crippen molar-refractivity contribution in [1.29, 1.82) is 0 Å². The molecule has 0 saturated heterocycles. The molecule has 0 aromatic carbocycles. The number of hydrogen-bond acceptors (Lipinski definition) is 0. The van der Waals surface area contributed by atoms with Gasteiger partial charge in [0.25, 0.3) is 0 Å². The van der Waals surface area contributed by atoms with E-state index >= 15 is 0 Å². The van der Waals surface area contributed by atoms with Crippen LogP contribution in [0.4, 0.5) is 0 Å². The van der Waals surface area contributed by atoms with Gasteiger partial charge < -0.3 is 0 Å². The molecule has 0 N–H and O–H groups in total. The first kappa shape index (κ1) is 16.7. The maximum atomic E-state index is 3.89. The largest absolute Gasteiger partial charge is 0.0856 e. The maximum Gasteiger partial charge on any atom is -0.0286 e. The Labute approximate surface area is 110 Å². The summed E-state index contributed by atoms with van der Waals surface area (Å²) in [6.45, 7) is 8.25. The lowest BCUT2D eigenvalue weighted by molar-refractivity contribution is 0.550. The summed E-state index contributed by atoms with van der Waals surface area (Å²) in [5.74, 6) is 0. The van der Waals surface area contributed by atoms with Crippen LogP contribution in [-0.4, -0.2) is 0 Å². The van der Waals surface area contributed by atoms with Crippen molar-refractivity contribution in [2.45, 2.75) is 90.9 Å². The fourth-order valence-corrected chi connectivity index (χ4v) is 2.16. The van der Waals surface area contributed by atoms with Crippen LogP contribution in [0.2, 0.25) is 0 Å². The minimum Gasteiger partial charge on any atom is -0.0856 e. The van der Waals surface area contributed by atoms with Gasteiger partial charge in [0.1, 0.15) is 0 Å². The topological polar surface area (TPSA) is 0 Å². The van der Waals surface area contributed by atoms with E-state index in [0.717, 1.165) is 0 Å². The first-order valence-corrected chi connectivity index (χ1v) is 7.76. The molecule has 0 rings (SSSR count). The molecule has 17 heavy (non-hydrogen) atoms. The van der Waals surface area contributed by atoms with Gasteiger partial charge in [0.2, 0.25) is 0 Å². The quantitative estimate of drug-likeness (QED) is 0.341. The van der Waals surface area contributed by atoms with Crippen molar-refractivity contribution < 1.29 is 0 Å². The summed E-state index contributed by atoms with van der Waals surface area (Å²) in [6, 6.07) is 0. The van der Waals surface area contributed by atoms with E-state index in [9.17, 15) is 0 Å². The molecule has 0 saturated carbocycles. The van der Waals surface area contributed by atoms with E-state index < -0.39 is 0 Å². The average molecular weight is 237 g/mol. The van der Waals surface area contributed by atoms with Crippen LogP contribution in [0.3, 0.4) is 0 Å². The SMILES string of the molecule is [CH2]C(C)=CCCCCCCCCCCCCC. The second-order valence-corrected chi connectivity index (χ2v) is 5.37. The number of unbranched alkanes of at least 4 members (excludes halogenated alkanes) is 11. The molecular weight excluding hydrogens is 204 g/mol. The van der Waals surface area contributed by atoms with Crippen LogP contribution in [0, 0.1) is 6.92 Å². The molecule has 0 amide bonds. The van der Waals surface area contributed by atoms with Crippen LogP contribution in [0.1, 0.15) is 90.9 Å². The second-order valence-electron chi connectivity index (χ2n) is 5.37. The number of rotatable bonds is 12. The van der Waals surface area contributed by atoms with Gasteiger partial charge in [0.15, 0.2) is 0 Å². The maximum absolute atomic E-state index is 3.89. The van der Waals surface area contributed by atoms with Crippen molar-refractivity contribution >= 4 is 0 Å². The van der Waals surface area contributed by atoms with Gasteiger partial charge in [-0.05, 0) is 26.7 Å². The third-order valence-corrected chi connectivity index (χ3v) is 3.30. The van der Waals surface area contributed by atoms with E-state index in [1.165, 1.54) is 82.6 Å². The van der Waals surface area contributed by atoms with Crippen LogP contribution in [0.5, 0.6) is 0 Å². The van der Waals surface area contributed by atoms with Gasteiger partial charge in [0.05, 0.1) is 0 Å². The molecule has 0 heterocycles. The molecule has 0 heteroatoms. The Morgan fingerprint density at radius 3 is 1.59 bits per heavy atom. The first-order chi connectivity index (χ1) is 8.27. The van der Waals surface area contributed by atoms with E-state index in [0.29, 0.717) is 0 Å². The van der Waals surface area contributed by atoms with Crippen molar-refractivity contribution in [1.82, 2.24) is 0 Å². The lowest BCUT2D eigenvalue weighted by Crippen LogP contribution is -1.82. The van der Waals surface area contributed by atoms with Crippen molar-refractivity contribution in [3.8, 4) is 0 Å². The minimum absolute atomic E-state index is 1.22. The fourth-order valence-electron chi connectivity index (χ4n) is 2.16. The first-order valence-electron chi connectivity index (χ1n) is 7.76. The van der Waals surface area contributed by atoms with E-state index in [1.807, 2.05) is 0 Å². The summed E-state index contributed by atoms with van der Waals surface area (Å²) in [7, 11) is 0. The summed E-state index contributed by atoms with van der Waals surface area (Å²) >= 11 is 0. The van der Waals surface area contributed by atoms with E-state index in [4.69, 9.17) is 0 Å². The van der Waals surface area contributed by atoms with Crippen molar-refractivity contribution in [2.75, 3.05) is 0 Å². The zero-order valence-electron chi connectivity index (χ0n) is 12.3. The summed E-state index contributed by atoms with van der Waals surface area (Å²) in [5, 5.41) is 0. The van der Waals surface area contributed by atoms with Gasteiger partial charge in [0, 0.05) is 0 Å². The molecule has 0 bridgehead atoms. The Hall–Kier alpha value is -0.260. The standard InChI is InChI=1S/C17H33/c1-4-5-6-7-8-9-10-11-12-13-14-15-16-17(2)3/h16H,2,4-15H2,1,3H3. The summed E-state index contributed by atoms with van der Waals surface area (Å²) in [5.41, 5.74) is 1.22. The van der Waals surface area contributed by atoms with Crippen LogP contribution in [-0.2, 0) is 0 Å². The van der Waals surface area contributed by atoms with Crippen molar-refractivity contribution in [3.63, 3.8) is 0 Å². The molecule has 1 radical (unpaired) electrons. The monoisotopic (exact) mass is 237 g/mol. The Kier molecular flexibility index (Phi) is 13.6. The zero-order chi connectivity index (χ0) is 12.8. The minimum atomic E-state index is 1.22. The number of allylic oxidation sites excluding steroid dienone is 2. The fraction of sp³-hybridized carbons (Fsp3) is 0.824. The van der Waals surface area contributed by atoms with Gasteiger partial charge in [-0.2, -0.15) is 0 Å². The molecule has 0 aliphatic carbocycles. The molecule has 0 fully saturated rings. The molecule has 0 aromatic rings. The Balaban J connectivity index is 2.96. The molecule has 0 nitrogen and oxygen atoms in total. The van der Waals surface area contributed by atoms with Gasteiger partial charge in [-0.15, -0.1) is 0 Å². The molecule has 0 spiro atoms. The third kappa shape index (κ3) is 15.7. The predicted octanol–water partition coefficient (Wildman–Crippen LogP) is 6.47. The highest BCUT2D eigenvalue weighted by Gasteiger charge is 1.92. The molecule has 0 unspecified atom stereocenters. The lowest BCUT2D eigenvalue weighted by atomic mass is 10.1. The third-order valence-electron chi connectivity index (χ3n) is 3.30. The van der Waals surface area contributed by atoms with E-state index in [2.05, 4.69) is 26.8 Å². The Morgan fingerprint density at radius 1 is 0.765 bits per heavy atom. The van der Waals surface area contributed by atoms with Gasteiger partial charge in [-0.3, -0.25) is 0 Å². The summed E-state index contributed by atoms with van der Waals surface area (Å²) in [6.07, 6.45) is 19.2. The molecule has 0 aliphatic heterocycles. The van der Waals surface area contributed by atoms with Crippen LogP contribution in [0.25, 0.3) is 0 Å². The van der Waals surface area contributed by atoms with Crippen LogP contribution >= 0.6 is 0 Å². The molecule has 101 valence electrons. The summed E-state index contributed by atoms with van der Waals surface area (Å²) in [4.78, 5) is 0.